The van der Waals surface area contributed by atoms with E-state index in [4.69, 9.17) is 10.5 Å². The zero-order valence-corrected chi connectivity index (χ0v) is 17.5. The van der Waals surface area contributed by atoms with Crippen LogP contribution < -0.4 is 11.1 Å². The fourth-order valence-electron chi connectivity index (χ4n) is 6.28. The SMILES string of the molecule is NC(=O)C12CC3CC(C1)C(OC(=O)N1CCC(Nc4nnc(C(F)(F)F)s4)C1)[C@H](C3)C2. The number of nitrogens with two attached hydrogens (primary N) is 1. The Morgan fingerprint density at radius 2 is 1.90 bits per heavy atom. The molecular weight excluding hydrogens is 435 g/mol. The van der Waals surface area contributed by atoms with Crippen LogP contribution in [0.5, 0.6) is 0 Å². The predicted octanol–water partition coefficient (Wildman–Crippen LogP) is 2.86. The Hall–Kier alpha value is -2.11. The van der Waals surface area contributed by atoms with Crippen LogP contribution in [-0.2, 0) is 15.7 Å². The number of amides is 2. The van der Waals surface area contributed by atoms with Crippen molar-refractivity contribution in [3.05, 3.63) is 5.01 Å². The maximum Gasteiger partial charge on any atom is 0.445 e. The number of halogens is 3. The summed E-state index contributed by atoms with van der Waals surface area (Å²) in [6.07, 6.45) is -0.360. The number of carbonyl (C=O) groups excluding carboxylic acids is 2. The lowest BCUT2D eigenvalue weighted by Crippen LogP contribution is -2.59. The van der Waals surface area contributed by atoms with Gasteiger partial charge in [-0.15, -0.1) is 10.2 Å². The van der Waals surface area contributed by atoms with Crippen LogP contribution in [-0.4, -0.2) is 52.3 Å². The van der Waals surface area contributed by atoms with E-state index in [1.807, 2.05) is 0 Å². The van der Waals surface area contributed by atoms with Crippen molar-refractivity contribution in [3.8, 4) is 0 Å². The van der Waals surface area contributed by atoms with Gasteiger partial charge in [-0.25, -0.2) is 4.79 Å². The largest absolute Gasteiger partial charge is 0.446 e. The van der Waals surface area contributed by atoms with Gasteiger partial charge in [0.15, 0.2) is 0 Å². The molecule has 12 heteroatoms. The van der Waals surface area contributed by atoms with E-state index in [2.05, 4.69) is 15.5 Å². The van der Waals surface area contributed by atoms with Crippen molar-refractivity contribution >= 4 is 28.5 Å². The van der Waals surface area contributed by atoms with Crippen molar-refractivity contribution in [2.24, 2.45) is 28.9 Å². The van der Waals surface area contributed by atoms with Crippen molar-refractivity contribution in [3.63, 3.8) is 0 Å². The van der Waals surface area contributed by atoms with E-state index in [0.717, 1.165) is 19.3 Å². The van der Waals surface area contributed by atoms with Gasteiger partial charge in [-0.2, -0.15) is 13.2 Å². The zero-order valence-electron chi connectivity index (χ0n) is 16.7. The Morgan fingerprint density at radius 1 is 1.19 bits per heavy atom. The lowest BCUT2D eigenvalue weighted by Gasteiger charge is -2.58. The van der Waals surface area contributed by atoms with Gasteiger partial charge in [-0.05, 0) is 56.3 Å². The number of aromatic nitrogens is 2. The average molecular weight is 459 g/mol. The number of anilines is 1. The van der Waals surface area contributed by atoms with E-state index in [1.54, 1.807) is 4.90 Å². The van der Waals surface area contributed by atoms with Crippen molar-refractivity contribution in [2.45, 2.75) is 56.8 Å². The lowest BCUT2D eigenvalue weighted by atomic mass is 9.48. The van der Waals surface area contributed by atoms with Gasteiger partial charge >= 0.3 is 12.3 Å². The van der Waals surface area contributed by atoms with Crippen molar-refractivity contribution in [1.82, 2.24) is 15.1 Å². The molecular formula is C19H24F3N5O3S. The minimum absolute atomic E-state index is 0.0883. The molecule has 4 saturated carbocycles. The van der Waals surface area contributed by atoms with Gasteiger partial charge in [0.25, 0.3) is 0 Å². The number of nitrogens with zero attached hydrogens (tertiary/aromatic N) is 3. The highest BCUT2D eigenvalue weighted by atomic mass is 32.1. The maximum absolute atomic E-state index is 12.8. The summed E-state index contributed by atoms with van der Waals surface area (Å²) in [5.74, 6) is 0.590. The molecule has 5 fully saturated rings. The summed E-state index contributed by atoms with van der Waals surface area (Å²) >= 11 is 0.451. The standard InChI is InChI=1S/C19H24F3N5O3S/c20-19(21,22)15-25-26-16(31-15)24-12-1-2-27(8-12)17(29)30-13-10-3-9-4-11(13)7-18(5-9,6-10)14(23)28/h9-13H,1-8H2,(H2,23,28)(H,24,26)/t9?,10-,11?,12?,13?,18?/m1/s1. The average Bonchev–Trinajstić information content (AvgIpc) is 3.34. The van der Waals surface area contributed by atoms with E-state index in [1.165, 1.54) is 0 Å². The van der Waals surface area contributed by atoms with Crippen LogP contribution in [0.2, 0.25) is 0 Å². The Morgan fingerprint density at radius 3 is 2.52 bits per heavy atom. The van der Waals surface area contributed by atoms with E-state index in [0.29, 0.717) is 49.6 Å². The van der Waals surface area contributed by atoms with Crippen molar-refractivity contribution < 1.29 is 27.5 Å². The molecule has 4 aliphatic carbocycles. The fourth-order valence-corrected chi connectivity index (χ4v) is 6.97. The normalized spacial score (nSPS) is 36.6. The Bertz CT molecular complexity index is 877. The number of hydrogen-bond acceptors (Lipinski definition) is 7. The number of primary amides is 1. The second-order valence-electron chi connectivity index (χ2n) is 9.45. The molecule has 170 valence electrons. The number of ether oxygens (including phenoxy) is 1. The topological polar surface area (TPSA) is 110 Å². The summed E-state index contributed by atoms with van der Waals surface area (Å²) in [7, 11) is 0. The molecule has 4 bridgehead atoms. The van der Waals surface area contributed by atoms with Crippen LogP contribution in [0.4, 0.5) is 23.1 Å². The van der Waals surface area contributed by atoms with Gasteiger partial charge in [0.1, 0.15) is 6.10 Å². The van der Waals surface area contributed by atoms with Crippen LogP contribution in [0.25, 0.3) is 0 Å². The molecule has 8 nitrogen and oxygen atoms in total. The summed E-state index contributed by atoms with van der Waals surface area (Å²) in [6.45, 7) is 0.785. The molecule has 5 aliphatic rings. The van der Waals surface area contributed by atoms with Gasteiger partial charge in [0.05, 0.1) is 5.41 Å². The molecule has 31 heavy (non-hydrogen) atoms. The van der Waals surface area contributed by atoms with Crippen molar-refractivity contribution in [1.29, 1.82) is 0 Å². The van der Waals surface area contributed by atoms with E-state index in [-0.39, 0.29) is 35.0 Å². The molecule has 1 saturated heterocycles. The first-order valence-electron chi connectivity index (χ1n) is 10.6. The van der Waals surface area contributed by atoms with Gasteiger partial charge in [-0.3, -0.25) is 4.79 Å². The highest BCUT2D eigenvalue weighted by molar-refractivity contribution is 7.15. The quantitative estimate of drug-likeness (QED) is 0.717. The summed E-state index contributed by atoms with van der Waals surface area (Å²) in [5.41, 5.74) is 5.28. The molecule has 6 atom stereocenters. The molecule has 6 rings (SSSR count). The summed E-state index contributed by atoms with van der Waals surface area (Å²) in [5, 5.41) is 8.73. The molecule has 1 aliphatic heterocycles. The Kier molecular flexibility index (Phi) is 4.83. The van der Waals surface area contributed by atoms with Gasteiger partial charge in [-0.1, -0.05) is 11.3 Å². The van der Waals surface area contributed by atoms with Gasteiger partial charge < -0.3 is 20.7 Å². The van der Waals surface area contributed by atoms with Crippen LogP contribution in [0.3, 0.4) is 0 Å². The molecule has 5 unspecified atom stereocenters. The third-order valence-corrected chi connectivity index (χ3v) is 8.29. The summed E-state index contributed by atoms with van der Waals surface area (Å²) in [4.78, 5) is 26.4. The molecule has 3 N–H and O–H groups in total. The third-order valence-electron chi connectivity index (χ3n) is 7.39. The molecule has 1 aromatic rings. The number of nitrogens with one attached hydrogen (secondary N) is 1. The minimum Gasteiger partial charge on any atom is -0.446 e. The smallest absolute Gasteiger partial charge is 0.445 e. The Labute approximate surface area is 180 Å². The maximum atomic E-state index is 12.8. The number of rotatable bonds is 4. The number of carbonyl (C=O) groups is 2. The molecule has 2 heterocycles. The minimum atomic E-state index is -4.52. The first-order valence-corrected chi connectivity index (χ1v) is 11.4. The highest BCUT2D eigenvalue weighted by Gasteiger charge is 2.59. The van der Waals surface area contributed by atoms with Crippen LogP contribution in [0, 0.1) is 23.2 Å². The first kappa shape index (κ1) is 20.8. The van der Waals surface area contributed by atoms with E-state index < -0.39 is 22.7 Å². The molecule has 1 aromatic heterocycles. The number of alkyl halides is 3. The van der Waals surface area contributed by atoms with E-state index >= 15 is 0 Å². The van der Waals surface area contributed by atoms with Crippen molar-refractivity contribution in [2.75, 3.05) is 18.4 Å². The first-order chi connectivity index (χ1) is 14.6. The lowest BCUT2D eigenvalue weighted by molar-refractivity contribution is -0.161. The van der Waals surface area contributed by atoms with Crippen LogP contribution in [0.1, 0.15) is 43.5 Å². The summed E-state index contributed by atoms with van der Waals surface area (Å²) in [6, 6.07) is -0.210. The van der Waals surface area contributed by atoms with E-state index in [9.17, 15) is 22.8 Å². The van der Waals surface area contributed by atoms with Gasteiger partial charge in [0, 0.05) is 19.1 Å². The second-order valence-corrected chi connectivity index (χ2v) is 10.4. The fraction of sp³-hybridized carbons (Fsp3) is 0.789. The predicted molar refractivity (Wildman–Crippen MR) is 104 cm³/mol. The molecule has 0 spiro atoms. The zero-order chi connectivity index (χ0) is 22.0. The monoisotopic (exact) mass is 459 g/mol. The molecule has 2 amide bonds. The highest BCUT2D eigenvalue weighted by Crippen LogP contribution is 2.60. The molecule has 0 aromatic carbocycles. The van der Waals surface area contributed by atoms with Gasteiger partial charge in [0.2, 0.25) is 16.0 Å². The second kappa shape index (κ2) is 7.21. The van der Waals surface area contributed by atoms with Crippen LogP contribution in [0.15, 0.2) is 0 Å². The summed E-state index contributed by atoms with van der Waals surface area (Å²) < 4.78 is 44.0. The number of likely N-dealkylation sites (tertiary alicyclic amines) is 1. The number of hydrogen-bond donors (Lipinski definition) is 2. The Balaban J connectivity index is 1.17. The molecule has 0 radical (unpaired) electrons. The van der Waals surface area contributed by atoms with Crippen LogP contribution >= 0.6 is 11.3 Å². The third kappa shape index (κ3) is 3.72.